The van der Waals surface area contributed by atoms with Gasteiger partial charge in [0.25, 0.3) is 5.92 Å². The molecule has 18 heavy (non-hydrogen) atoms. The number of rotatable bonds is 4. The van der Waals surface area contributed by atoms with Gasteiger partial charge in [-0.1, -0.05) is 32.0 Å². The summed E-state index contributed by atoms with van der Waals surface area (Å²) in [6.45, 7) is 5.88. The molecular formula is C14H18F2O2. The first kappa shape index (κ1) is 14.6. The molecule has 0 radical (unpaired) electrons. The summed E-state index contributed by atoms with van der Waals surface area (Å²) in [5, 5.41) is 9.11. The molecule has 1 aromatic carbocycles. The van der Waals surface area contributed by atoms with E-state index in [2.05, 4.69) is 0 Å². The second-order valence-corrected chi connectivity index (χ2v) is 5.29. The molecule has 0 aliphatic rings. The highest BCUT2D eigenvalue weighted by Crippen LogP contribution is 2.37. The average Bonchev–Trinajstić information content (AvgIpc) is 2.28. The van der Waals surface area contributed by atoms with Crippen molar-refractivity contribution in [2.75, 3.05) is 0 Å². The Morgan fingerprint density at radius 2 is 1.72 bits per heavy atom. The van der Waals surface area contributed by atoms with Gasteiger partial charge in [0.15, 0.2) is 0 Å². The van der Waals surface area contributed by atoms with E-state index in [9.17, 15) is 13.6 Å². The monoisotopic (exact) mass is 256 g/mol. The first-order chi connectivity index (χ1) is 8.10. The Morgan fingerprint density at radius 1 is 1.22 bits per heavy atom. The molecule has 0 amide bonds. The smallest absolute Gasteiger partial charge is 0.313 e. The van der Waals surface area contributed by atoms with E-state index in [0.717, 1.165) is 0 Å². The number of halogens is 2. The fraction of sp³-hybridized carbons (Fsp3) is 0.500. The predicted octanol–water partition coefficient (Wildman–Crippen LogP) is 3.80. The van der Waals surface area contributed by atoms with Crippen LogP contribution in [0.15, 0.2) is 24.3 Å². The van der Waals surface area contributed by atoms with Crippen molar-refractivity contribution in [1.82, 2.24) is 0 Å². The van der Waals surface area contributed by atoms with Crippen LogP contribution in [0.25, 0.3) is 0 Å². The molecule has 0 saturated heterocycles. The van der Waals surface area contributed by atoms with Crippen LogP contribution in [0, 0.1) is 5.92 Å². The summed E-state index contributed by atoms with van der Waals surface area (Å²) in [7, 11) is 0. The highest BCUT2D eigenvalue weighted by atomic mass is 19.3. The molecule has 1 N–H and O–H groups in total. The number of benzene rings is 1. The molecule has 0 atom stereocenters. The van der Waals surface area contributed by atoms with Crippen LogP contribution < -0.4 is 0 Å². The summed E-state index contributed by atoms with van der Waals surface area (Å²) in [6, 6.07) is 5.66. The molecule has 0 spiro atoms. The maximum Gasteiger partial charge on any atom is 0.313 e. The number of hydrogen-bond acceptors (Lipinski definition) is 1. The minimum Gasteiger partial charge on any atom is -0.481 e. The number of hydrogen-bond donors (Lipinski definition) is 1. The van der Waals surface area contributed by atoms with Gasteiger partial charge in [-0.2, -0.15) is 0 Å². The van der Waals surface area contributed by atoms with Crippen LogP contribution in [-0.2, 0) is 16.1 Å². The fourth-order valence-corrected chi connectivity index (χ4v) is 1.57. The number of alkyl halides is 2. The molecule has 100 valence electrons. The third-order valence-electron chi connectivity index (χ3n) is 3.23. The van der Waals surface area contributed by atoms with Crippen molar-refractivity contribution in [3.8, 4) is 0 Å². The zero-order chi connectivity index (χ0) is 14.1. The SMILES string of the molecule is CC(C)C(F)(F)c1cccc(C(C)(C)C(=O)O)c1. The van der Waals surface area contributed by atoms with Crippen molar-refractivity contribution in [3.05, 3.63) is 35.4 Å². The quantitative estimate of drug-likeness (QED) is 0.889. The number of aliphatic carboxylic acids is 1. The van der Waals surface area contributed by atoms with Gasteiger partial charge in [0, 0.05) is 11.5 Å². The van der Waals surface area contributed by atoms with Gasteiger partial charge < -0.3 is 5.11 Å². The zero-order valence-corrected chi connectivity index (χ0v) is 11.0. The molecule has 4 heteroatoms. The van der Waals surface area contributed by atoms with E-state index in [-0.39, 0.29) is 5.56 Å². The molecule has 1 aromatic rings. The molecule has 0 aromatic heterocycles. The topological polar surface area (TPSA) is 37.3 Å². The van der Waals surface area contributed by atoms with Crippen molar-refractivity contribution in [3.63, 3.8) is 0 Å². The Labute approximate surface area is 106 Å². The second-order valence-electron chi connectivity index (χ2n) is 5.29. The lowest BCUT2D eigenvalue weighted by atomic mass is 9.83. The molecule has 0 aliphatic heterocycles. The lowest BCUT2D eigenvalue weighted by Crippen LogP contribution is -2.29. The van der Waals surface area contributed by atoms with Gasteiger partial charge in [0.1, 0.15) is 0 Å². The molecule has 0 aliphatic carbocycles. The Morgan fingerprint density at radius 3 is 2.17 bits per heavy atom. The van der Waals surface area contributed by atoms with Gasteiger partial charge in [-0.15, -0.1) is 0 Å². The second kappa shape index (κ2) is 4.67. The summed E-state index contributed by atoms with van der Waals surface area (Å²) in [6.07, 6.45) is 0. The van der Waals surface area contributed by atoms with E-state index in [1.807, 2.05) is 0 Å². The summed E-state index contributed by atoms with van der Waals surface area (Å²) in [5.74, 6) is -4.82. The van der Waals surface area contributed by atoms with E-state index in [1.165, 1.54) is 45.9 Å². The number of carboxylic acid groups (broad SMARTS) is 1. The normalized spacial score (nSPS) is 12.8. The summed E-state index contributed by atoms with van der Waals surface area (Å²) >= 11 is 0. The maximum atomic E-state index is 13.9. The molecule has 0 heterocycles. The Balaban J connectivity index is 3.27. The van der Waals surface area contributed by atoms with Crippen molar-refractivity contribution in [2.45, 2.75) is 39.0 Å². The van der Waals surface area contributed by atoms with E-state index in [0.29, 0.717) is 5.56 Å². The highest BCUT2D eigenvalue weighted by Gasteiger charge is 2.37. The highest BCUT2D eigenvalue weighted by molar-refractivity contribution is 5.80. The maximum absolute atomic E-state index is 13.9. The predicted molar refractivity (Wildman–Crippen MR) is 65.8 cm³/mol. The van der Waals surface area contributed by atoms with E-state index in [4.69, 9.17) is 5.11 Å². The van der Waals surface area contributed by atoms with E-state index < -0.39 is 23.2 Å². The summed E-state index contributed by atoms with van der Waals surface area (Å²) in [4.78, 5) is 11.1. The van der Waals surface area contributed by atoms with E-state index >= 15 is 0 Å². The van der Waals surface area contributed by atoms with Gasteiger partial charge in [-0.05, 0) is 25.5 Å². The van der Waals surface area contributed by atoms with Gasteiger partial charge in [-0.25, -0.2) is 8.78 Å². The Hall–Kier alpha value is -1.45. The third-order valence-corrected chi connectivity index (χ3v) is 3.23. The lowest BCUT2D eigenvalue weighted by molar-refractivity contribution is -0.142. The number of carbonyl (C=O) groups is 1. The van der Waals surface area contributed by atoms with Crippen molar-refractivity contribution >= 4 is 5.97 Å². The molecule has 0 bridgehead atoms. The largest absolute Gasteiger partial charge is 0.481 e. The van der Waals surface area contributed by atoms with Crippen LogP contribution >= 0.6 is 0 Å². The Kier molecular flexibility index (Phi) is 3.79. The molecule has 0 fully saturated rings. The summed E-state index contributed by atoms with van der Waals surface area (Å²) < 4.78 is 27.8. The Bertz CT molecular complexity index is 451. The molecule has 0 unspecified atom stereocenters. The zero-order valence-electron chi connectivity index (χ0n) is 11.0. The summed E-state index contributed by atoms with van der Waals surface area (Å²) in [5.41, 5.74) is -0.930. The van der Waals surface area contributed by atoms with Crippen molar-refractivity contribution in [1.29, 1.82) is 0 Å². The fourth-order valence-electron chi connectivity index (χ4n) is 1.57. The minimum absolute atomic E-state index is 0.135. The van der Waals surface area contributed by atoms with Gasteiger partial charge >= 0.3 is 5.97 Å². The minimum atomic E-state index is -2.95. The van der Waals surface area contributed by atoms with Gasteiger partial charge in [0.2, 0.25) is 0 Å². The van der Waals surface area contributed by atoms with E-state index in [1.54, 1.807) is 6.07 Å². The first-order valence-corrected chi connectivity index (χ1v) is 5.82. The van der Waals surface area contributed by atoms with Crippen LogP contribution in [-0.4, -0.2) is 11.1 Å². The molecule has 2 nitrogen and oxygen atoms in total. The molecule has 1 rings (SSSR count). The van der Waals surface area contributed by atoms with Gasteiger partial charge in [-0.3, -0.25) is 4.79 Å². The van der Waals surface area contributed by atoms with Crippen LogP contribution in [0.4, 0.5) is 8.78 Å². The average molecular weight is 256 g/mol. The van der Waals surface area contributed by atoms with Crippen LogP contribution in [0.5, 0.6) is 0 Å². The van der Waals surface area contributed by atoms with Crippen LogP contribution in [0.3, 0.4) is 0 Å². The van der Waals surface area contributed by atoms with Crippen molar-refractivity contribution < 1.29 is 18.7 Å². The third kappa shape index (κ3) is 2.52. The molecule has 0 saturated carbocycles. The first-order valence-electron chi connectivity index (χ1n) is 5.82. The molecular weight excluding hydrogens is 238 g/mol. The lowest BCUT2D eigenvalue weighted by Gasteiger charge is -2.24. The van der Waals surface area contributed by atoms with Gasteiger partial charge in [0.05, 0.1) is 5.41 Å². The number of carboxylic acids is 1. The standard InChI is InChI=1S/C14H18F2O2/c1-9(2)14(15,16)11-7-5-6-10(8-11)13(3,4)12(17)18/h5-9H,1-4H3,(H,17,18). The van der Waals surface area contributed by atoms with Crippen LogP contribution in [0.1, 0.15) is 38.8 Å². The van der Waals surface area contributed by atoms with Crippen LogP contribution in [0.2, 0.25) is 0 Å². The van der Waals surface area contributed by atoms with Crippen molar-refractivity contribution in [2.24, 2.45) is 5.92 Å².